The Balaban J connectivity index is 2.18. The number of carbonyl (C=O) groups excluding carboxylic acids is 1. The Kier molecular flexibility index (Phi) is 4.82. The first-order valence-electron chi connectivity index (χ1n) is 6.62. The second-order valence-electron chi connectivity index (χ2n) is 4.70. The summed E-state index contributed by atoms with van der Waals surface area (Å²) in [5.41, 5.74) is 0.0384. The van der Waals surface area contributed by atoms with Crippen molar-refractivity contribution in [3.8, 4) is 0 Å². The third-order valence-electron chi connectivity index (χ3n) is 3.14. The van der Waals surface area contributed by atoms with Crippen molar-refractivity contribution in [1.82, 2.24) is 5.32 Å². The van der Waals surface area contributed by atoms with Crippen LogP contribution in [0, 0.1) is 0 Å². The number of likely N-dealkylation sites (N-methyl/N-ethyl adjacent to an activating group) is 1. The van der Waals surface area contributed by atoms with E-state index >= 15 is 0 Å². The van der Waals surface area contributed by atoms with Crippen molar-refractivity contribution in [3.05, 3.63) is 65.7 Å². The van der Waals surface area contributed by atoms with Crippen molar-refractivity contribution >= 4 is 11.6 Å². The van der Waals surface area contributed by atoms with E-state index in [0.717, 1.165) is 17.7 Å². The summed E-state index contributed by atoms with van der Waals surface area (Å²) >= 11 is 0. The van der Waals surface area contributed by atoms with Gasteiger partial charge in [0.1, 0.15) is 6.04 Å². The number of alkyl halides is 3. The SMILES string of the molecule is CN[C@@H](C(=O)Nc1cccc(C(F)(F)F)c1)c1ccccc1. The van der Waals surface area contributed by atoms with E-state index in [2.05, 4.69) is 10.6 Å². The van der Waals surface area contributed by atoms with Crippen LogP contribution in [0.25, 0.3) is 0 Å². The van der Waals surface area contributed by atoms with E-state index in [4.69, 9.17) is 0 Å². The lowest BCUT2D eigenvalue weighted by Crippen LogP contribution is -2.30. The van der Waals surface area contributed by atoms with Crippen LogP contribution in [-0.4, -0.2) is 13.0 Å². The first kappa shape index (κ1) is 16.0. The van der Waals surface area contributed by atoms with Gasteiger partial charge >= 0.3 is 6.18 Å². The third kappa shape index (κ3) is 3.85. The molecule has 0 unspecified atom stereocenters. The zero-order chi connectivity index (χ0) is 16.2. The molecule has 0 aliphatic rings. The molecule has 0 heterocycles. The molecule has 2 aromatic carbocycles. The number of hydrogen-bond donors (Lipinski definition) is 2. The Morgan fingerprint density at radius 1 is 1.05 bits per heavy atom. The molecule has 0 spiro atoms. The van der Waals surface area contributed by atoms with E-state index in [1.165, 1.54) is 12.1 Å². The van der Waals surface area contributed by atoms with Gasteiger partial charge in [0.05, 0.1) is 5.56 Å². The Bertz CT molecular complexity index is 641. The predicted octanol–water partition coefficient (Wildman–Crippen LogP) is 3.60. The van der Waals surface area contributed by atoms with Crippen molar-refractivity contribution in [3.63, 3.8) is 0 Å². The zero-order valence-electron chi connectivity index (χ0n) is 11.8. The molecular weight excluding hydrogens is 293 g/mol. The van der Waals surface area contributed by atoms with E-state index in [1.54, 1.807) is 31.3 Å². The molecule has 1 amide bonds. The van der Waals surface area contributed by atoms with E-state index in [1.807, 2.05) is 6.07 Å². The minimum Gasteiger partial charge on any atom is -0.324 e. The quantitative estimate of drug-likeness (QED) is 0.906. The Morgan fingerprint density at radius 3 is 2.32 bits per heavy atom. The topological polar surface area (TPSA) is 41.1 Å². The summed E-state index contributed by atoms with van der Waals surface area (Å²) < 4.78 is 38.0. The standard InChI is InChI=1S/C16H15F3N2O/c1-20-14(11-6-3-2-4-7-11)15(22)21-13-9-5-8-12(10-13)16(17,18)19/h2-10,14,20H,1H3,(H,21,22)/t14-/m1/s1. The number of amides is 1. The molecule has 6 heteroatoms. The highest BCUT2D eigenvalue weighted by Crippen LogP contribution is 2.30. The molecule has 0 radical (unpaired) electrons. The number of anilines is 1. The largest absolute Gasteiger partial charge is 0.416 e. The molecule has 22 heavy (non-hydrogen) atoms. The molecule has 0 aromatic heterocycles. The van der Waals surface area contributed by atoms with Gasteiger partial charge in [0.15, 0.2) is 0 Å². The van der Waals surface area contributed by atoms with Crippen LogP contribution in [0.2, 0.25) is 0 Å². The van der Waals surface area contributed by atoms with Crippen LogP contribution in [0.15, 0.2) is 54.6 Å². The Morgan fingerprint density at radius 2 is 1.73 bits per heavy atom. The molecule has 0 aliphatic heterocycles. The van der Waals surface area contributed by atoms with Gasteiger partial charge in [-0.2, -0.15) is 13.2 Å². The summed E-state index contributed by atoms with van der Waals surface area (Å²) in [6.45, 7) is 0. The minimum atomic E-state index is -4.44. The molecule has 1 atom stereocenters. The molecule has 2 N–H and O–H groups in total. The summed E-state index contributed by atoms with van der Waals surface area (Å²) in [6.07, 6.45) is -4.44. The lowest BCUT2D eigenvalue weighted by molar-refractivity contribution is -0.137. The van der Waals surface area contributed by atoms with Crippen molar-refractivity contribution in [2.24, 2.45) is 0 Å². The van der Waals surface area contributed by atoms with Crippen molar-refractivity contribution in [2.45, 2.75) is 12.2 Å². The normalized spacial score (nSPS) is 12.7. The van der Waals surface area contributed by atoms with E-state index in [-0.39, 0.29) is 5.69 Å². The first-order valence-corrected chi connectivity index (χ1v) is 6.62. The molecule has 3 nitrogen and oxygen atoms in total. The van der Waals surface area contributed by atoms with Crippen LogP contribution >= 0.6 is 0 Å². The Labute approximate surface area is 126 Å². The van der Waals surface area contributed by atoms with Gasteiger partial charge in [0, 0.05) is 5.69 Å². The van der Waals surface area contributed by atoms with Gasteiger partial charge in [-0.25, -0.2) is 0 Å². The molecule has 0 saturated carbocycles. The van der Waals surface area contributed by atoms with Gasteiger partial charge in [0.2, 0.25) is 5.91 Å². The number of halogens is 3. The molecule has 0 aliphatic carbocycles. The third-order valence-corrected chi connectivity index (χ3v) is 3.14. The smallest absolute Gasteiger partial charge is 0.324 e. The lowest BCUT2D eigenvalue weighted by Gasteiger charge is -2.17. The average molecular weight is 308 g/mol. The highest BCUT2D eigenvalue weighted by molar-refractivity contribution is 5.95. The highest BCUT2D eigenvalue weighted by Gasteiger charge is 2.30. The monoisotopic (exact) mass is 308 g/mol. The van der Waals surface area contributed by atoms with Gasteiger partial charge in [-0.3, -0.25) is 4.79 Å². The maximum atomic E-state index is 12.7. The van der Waals surface area contributed by atoms with Gasteiger partial charge in [-0.05, 0) is 30.8 Å². The molecule has 2 rings (SSSR count). The zero-order valence-corrected chi connectivity index (χ0v) is 11.8. The van der Waals surface area contributed by atoms with E-state index in [0.29, 0.717) is 0 Å². The molecular formula is C16H15F3N2O. The second-order valence-corrected chi connectivity index (χ2v) is 4.70. The van der Waals surface area contributed by atoms with Gasteiger partial charge in [-0.15, -0.1) is 0 Å². The first-order chi connectivity index (χ1) is 10.4. The van der Waals surface area contributed by atoms with Crippen LogP contribution in [0.4, 0.5) is 18.9 Å². The summed E-state index contributed by atoms with van der Waals surface area (Å²) in [5, 5.41) is 5.35. The summed E-state index contributed by atoms with van der Waals surface area (Å²) in [5.74, 6) is -0.423. The molecule has 116 valence electrons. The van der Waals surface area contributed by atoms with Gasteiger partial charge < -0.3 is 10.6 Å². The van der Waals surface area contributed by atoms with Crippen LogP contribution in [0.1, 0.15) is 17.2 Å². The number of nitrogens with one attached hydrogen (secondary N) is 2. The fourth-order valence-electron chi connectivity index (χ4n) is 2.08. The second kappa shape index (κ2) is 6.62. The van der Waals surface area contributed by atoms with Crippen LogP contribution < -0.4 is 10.6 Å². The maximum Gasteiger partial charge on any atom is 0.416 e. The van der Waals surface area contributed by atoms with Gasteiger partial charge in [0.25, 0.3) is 0 Å². The van der Waals surface area contributed by atoms with Crippen molar-refractivity contribution in [1.29, 1.82) is 0 Å². The summed E-state index contributed by atoms with van der Waals surface area (Å²) in [4.78, 5) is 12.3. The van der Waals surface area contributed by atoms with E-state index < -0.39 is 23.7 Å². The van der Waals surface area contributed by atoms with Crippen LogP contribution in [-0.2, 0) is 11.0 Å². The predicted molar refractivity (Wildman–Crippen MR) is 78.3 cm³/mol. The summed E-state index contributed by atoms with van der Waals surface area (Å²) in [7, 11) is 1.61. The molecule has 0 fully saturated rings. The van der Waals surface area contributed by atoms with Crippen LogP contribution in [0.3, 0.4) is 0 Å². The Hall–Kier alpha value is -2.34. The lowest BCUT2D eigenvalue weighted by atomic mass is 10.1. The average Bonchev–Trinajstić information content (AvgIpc) is 2.48. The van der Waals surface area contributed by atoms with Crippen molar-refractivity contribution < 1.29 is 18.0 Å². The minimum absolute atomic E-state index is 0.107. The highest BCUT2D eigenvalue weighted by atomic mass is 19.4. The molecule has 0 bridgehead atoms. The number of rotatable bonds is 4. The van der Waals surface area contributed by atoms with Crippen molar-refractivity contribution in [2.75, 3.05) is 12.4 Å². The maximum absolute atomic E-state index is 12.7. The molecule has 2 aromatic rings. The van der Waals surface area contributed by atoms with E-state index in [9.17, 15) is 18.0 Å². The fraction of sp³-hybridized carbons (Fsp3) is 0.188. The number of hydrogen-bond acceptors (Lipinski definition) is 2. The fourth-order valence-corrected chi connectivity index (χ4v) is 2.08. The summed E-state index contributed by atoms with van der Waals surface area (Å²) in [6, 6.07) is 12.9. The number of carbonyl (C=O) groups is 1. The number of benzene rings is 2. The molecule has 0 saturated heterocycles. The van der Waals surface area contributed by atoms with Gasteiger partial charge in [-0.1, -0.05) is 36.4 Å². The van der Waals surface area contributed by atoms with Crippen LogP contribution in [0.5, 0.6) is 0 Å².